The number of aromatic nitrogens is 2. The topological polar surface area (TPSA) is 57.9 Å². The van der Waals surface area contributed by atoms with Gasteiger partial charge in [0.25, 0.3) is 5.91 Å². The van der Waals surface area contributed by atoms with E-state index >= 15 is 0 Å². The van der Waals surface area contributed by atoms with E-state index < -0.39 is 0 Å². The highest BCUT2D eigenvalue weighted by atomic mass is 35.5. The number of nitrogens with zero attached hydrogens (tertiary/aromatic N) is 4. The molecule has 0 aliphatic carbocycles. The molecule has 3 heterocycles. The first kappa shape index (κ1) is 23.4. The molecule has 0 spiro atoms. The first-order chi connectivity index (χ1) is 17.0. The molecule has 0 bridgehead atoms. The van der Waals surface area contributed by atoms with Crippen molar-refractivity contribution in [3.63, 3.8) is 0 Å². The number of anilines is 1. The third-order valence-corrected chi connectivity index (χ3v) is 7.13. The minimum Gasteiger partial charge on any atom is -0.368 e. The number of hydrogen-bond donors (Lipinski definition) is 0. The van der Waals surface area contributed by atoms with Crippen LogP contribution in [-0.4, -0.2) is 52.4 Å². The summed E-state index contributed by atoms with van der Waals surface area (Å²) in [6.07, 6.45) is 4.48. The Balaban J connectivity index is 1.26. The van der Waals surface area contributed by atoms with Crippen molar-refractivity contribution in [2.45, 2.75) is 12.8 Å². The fraction of sp³-hybridized carbons (Fsp3) is 0.222. The van der Waals surface area contributed by atoms with Gasteiger partial charge in [-0.15, -0.1) is 0 Å². The van der Waals surface area contributed by atoms with Crippen molar-refractivity contribution < 1.29 is 9.59 Å². The molecule has 0 saturated carbocycles. The van der Waals surface area contributed by atoms with Gasteiger partial charge in [0.05, 0.1) is 27.3 Å². The molecule has 35 heavy (non-hydrogen) atoms. The highest BCUT2D eigenvalue weighted by Gasteiger charge is 2.25. The first-order valence-corrected chi connectivity index (χ1v) is 12.3. The van der Waals surface area contributed by atoms with Crippen LogP contribution in [0.3, 0.4) is 0 Å². The lowest BCUT2D eigenvalue weighted by Gasteiger charge is -2.36. The largest absolute Gasteiger partial charge is 0.368 e. The van der Waals surface area contributed by atoms with Gasteiger partial charge in [0.15, 0.2) is 5.78 Å². The molecule has 1 aliphatic rings. The van der Waals surface area contributed by atoms with E-state index in [4.69, 9.17) is 23.2 Å². The molecular weight excluding hydrogens is 483 g/mol. The SMILES string of the molecule is O=C(CCc1ccn2ncc(C(=O)N3CCN(c4ccc(Cl)c(Cl)c4)CC3)c2c1)c1ccccc1. The summed E-state index contributed by atoms with van der Waals surface area (Å²) in [7, 11) is 0. The van der Waals surface area contributed by atoms with Crippen molar-refractivity contribution in [1.82, 2.24) is 14.5 Å². The van der Waals surface area contributed by atoms with E-state index in [1.165, 1.54) is 0 Å². The highest BCUT2D eigenvalue weighted by Crippen LogP contribution is 2.28. The van der Waals surface area contributed by atoms with Gasteiger partial charge in [0.1, 0.15) is 0 Å². The third-order valence-electron chi connectivity index (χ3n) is 6.39. The Morgan fingerprint density at radius 2 is 1.66 bits per heavy atom. The molecular formula is C27H24Cl2N4O2. The molecule has 0 unspecified atom stereocenters. The van der Waals surface area contributed by atoms with Crippen molar-refractivity contribution in [2.75, 3.05) is 31.1 Å². The van der Waals surface area contributed by atoms with Crippen LogP contribution in [0.2, 0.25) is 10.0 Å². The fourth-order valence-corrected chi connectivity index (χ4v) is 4.68. The van der Waals surface area contributed by atoms with Crippen LogP contribution in [0.4, 0.5) is 5.69 Å². The molecule has 1 amide bonds. The molecule has 1 saturated heterocycles. The summed E-state index contributed by atoms with van der Waals surface area (Å²) in [5.41, 5.74) is 4.04. The van der Waals surface area contributed by atoms with E-state index in [2.05, 4.69) is 10.00 Å². The standard InChI is InChI=1S/C27H24Cl2N4O2/c28-23-8-7-21(17-24(23)29)31-12-14-32(15-13-31)27(35)22-18-30-33-11-10-19(16-25(22)33)6-9-26(34)20-4-2-1-3-5-20/h1-5,7-8,10-11,16-18H,6,9,12-15H2. The van der Waals surface area contributed by atoms with Gasteiger partial charge in [0, 0.05) is 50.0 Å². The number of carbonyl (C=O) groups is 2. The second kappa shape index (κ2) is 10.1. The summed E-state index contributed by atoms with van der Waals surface area (Å²) in [4.78, 5) is 29.9. The Morgan fingerprint density at radius 1 is 0.886 bits per heavy atom. The van der Waals surface area contributed by atoms with Crippen molar-refractivity contribution >= 4 is 46.1 Å². The highest BCUT2D eigenvalue weighted by molar-refractivity contribution is 6.42. The van der Waals surface area contributed by atoms with Crippen LogP contribution in [0.25, 0.3) is 5.52 Å². The van der Waals surface area contributed by atoms with Crippen LogP contribution < -0.4 is 4.90 Å². The van der Waals surface area contributed by atoms with Gasteiger partial charge in [-0.05, 0) is 42.3 Å². The molecule has 0 radical (unpaired) electrons. The van der Waals surface area contributed by atoms with Gasteiger partial charge in [-0.25, -0.2) is 4.52 Å². The number of rotatable bonds is 6. The van der Waals surface area contributed by atoms with E-state index in [1.54, 1.807) is 16.8 Å². The Hall–Kier alpha value is -3.35. The van der Waals surface area contributed by atoms with Crippen molar-refractivity contribution in [3.8, 4) is 0 Å². The lowest BCUT2D eigenvalue weighted by Crippen LogP contribution is -2.48. The number of piperazine rings is 1. The van der Waals surface area contributed by atoms with Crippen LogP contribution in [0.5, 0.6) is 0 Å². The maximum atomic E-state index is 13.3. The molecule has 2 aromatic carbocycles. The van der Waals surface area contributed by atoms with Gasteiger partial charge >= 0.3 is 0 Å². The smallest absolute Gasteiger partial charge is 0.257 e. The fourth-order valence-electron chi connectivity index (χ4n) is 4.39. The predicted molar refractivity (Wildman–Crippen MR) is 139 cm³/mol. The first-order valence-electron chi connectivity index (χ1n) is 11.5. The normalized spacial score (nSPS) is 13.9. The van der Waals surface area contributed by atoms with E-state index in [1.807, 2.05) is 65.7 Å². The number of halogens is 2. The quantitative estimate of drug-likeness (QED) is 0.327. The molecule has 178 valence electrons. The second-order valence-electron chi connectivity index (χ2n) is 8.59. The molecule has 2 aromatic heterocycles. The number of pyridine rings is 1. The lowest BCUT2D eigenvalue weighted by atomic mass is 10.0. The maximum absolute atomic E-state index is 13.3. The summed E-state index contributed by atoms with van der Waals surface area (Å²) in [6.45, 7) is 2.61. The number of amides is 1. The minimum absolute atomic E-state index is 0.0358. The van der Waals surface area contributed by atoms with Crippen LogP contribution in [0.15, 0.2) is 73.1 Å². The van der Waals surface area contributed by atoms with E-state index in [9.17, 15) is 9.59 Å². The summed E-state index contributed by atoms with van der Waals surface area (Å²) in [5, 5.41) is 5.42. The summed E-state index contributed by atoms with van der Waals surface area (Å²) in [6, 6.07) is 18.8. The third kappa shape index (κ3) is 5.04. The molecule has 0 N–H and O–H groups in total. The Bertz CT molecular complexity index is 1380. The zero-order valence-corrected chi connectivity index (χ0v) is 20.5. The van der Waals surface area contributed by atoms with Gasteiger partial charge in [-0.1, -0.05) is 53.5 Å². The van der Waals surface area contributed by atoms with Crippen molar-refractivity contribution in [2.24, 2.45) is 0 Å². The van der Waals surface area contributed by atoms with Crippen LogP contribution in [0.1, 0.15) is 32.7 Å². The number of carbonyl (C=O) groups excluding carboxylic acids is 2. The Kier molecular flexibility index (Phi) is 6.75. The zero-order valence-electron chi connectivity index (χ0n) is 19.0. The number of benzene rings is 2. The summed E-state index contributed by atoms with van der Waals surface area (Å²) < 4.78 is 1.71. The molecule has 6 nitrogen and oxygen atoms in total. The monoisotopic (exact) mass is 506 g/mol. The summed E-state index contributed by atoms with van der Waals surface area (Å²) in [5.74, 6) is 0.0708. The number of fused-ring (bicyclic) bond motifs is 1. The van der Waals surface area contributed by atoms with Gasteiger partial charge < -0.3 is 9.80 Å². The predicted octanol–water partition coefficient (Wildman–Crippen LogP) is 5.42. The molecule has 0 atom stereocenters. The number of aryl methyl sites for hydroxylation is 1. The lowest BCUT2D eigenvalue weighted by molar-refractivity contribution is 0.0748. The molecule has 4 aromatic rings. The van der Waals surface area contributed by atoms with Gasteiger partial charge in [-0.2, -0.15) is 5.10 Å². The molecule has 1 aliphatic heterocycles. The van der Waals surface area contributed by atoms with Gasteiger partial charge in [0.2, 0.25) is 0 Å². The summed E-state index contributed by atoms with van der Waals surface area (Å²) >= 11 is 12.2. The van der Waals surface area contributed by atoms with Crippen LogP contribution in [-0.2, 0) is 6.42 Å². The maximum Gasteiger partial charge on any atom is 0.257 e. The Morgan fingerprint density at radius 3 is 2.40 bits per heavy atom. The number of hydrogen-bond acceptors (Lipinski definition) is 4. The molecule has 1 fully saturated rings. The van der Waals surface area contributed by atoms with Gasteiger partial charge in [-0.3, -0.25) is 9.59 Å². The van der Waals surface area contributed by atoms with Crippen LogP contribution in [0, 0.1) is 0 Å². The van der Waals surface area contributed by atoms with E-state index in [-0.39, 0.29) is 11.7 Å². The van der Waals surface area contributed by atoms with E-state index in [0.29, 0.717) is 60.2 Å². The average Bonchev–Trinajstić information content (AvgIpc) is 3.32. The van der Waals surface area contributed by atoms with Crippen LogP contribution >= 0.6 is 23.2 Å². The van der Waals surface area contributed by atoms with Crippen molar-refractivity contribution in [3.05, 3.63) is 99.8 Å². The molecule has 8 heteroatoms. The zero-order chi connectivity index (χ0) is 24.4. The van der Waals surface area contributed by atoms with E-state index in [0.717, 1.165) is 16.8 Å². The average molecular weight is 507 g/mol. The minimum atomic E-state index is -0.0358. The molecule has 5 rings (SSSR count). The number of Topliss-reactive ketones (excluding diaryl/α,β-unsaturated/α-hetero) is 1. The van der Waals surface area contributed by atoms with Crippen molar-refractivity contribution in [1.29, 1.82) is 0 Å². The second-order valence-corrected chi connectivity index (χ2v) is 9.40. The Labute approximate surface area is 213 Å². The number of ketones is 1.